The number of carboxylic acid groups (broad SMARTS) is 1. The van der Waals surface area contributed by atoms with Gasteiger partial charge in [0.2, 0.25) is 29.5 Å². The van der Waals surface area contributed by atoms with Crippen LogP contribution in [0.3, 0.4) is 0 Å². The lowest BCUT2D eigenvalue weighted by Gasteiger charge is -2.21. The van der Waals surface area contributed by atoms with Gasteiger partial charge in [0.25, 0.3) is 0 Å². The summed E-state index contributed by atoms with van der Waals surface area (Å²) in [5.74, 6) is -5.48. The fourth-order valence-corrected chi connectivity index (χ4v) is 2.66. The summed E-state index contributed by atoms with van der Waals surface area (Å²) in [4.78, 5) is 72.2. The quantitative estimate of drug-likeness (QED) is 0.106. The zero-order valence-electron chi connectivity index (χ0n) is 17.4. The molecule has 0 aromatic heterocycles. The van der Waals surface area contributed by atoms with Crippen LogP contribution in [0.5, 0.6) is 0 Å². The molecule has 0 aromatic rings. The van der Waals surface area contributed by atoms with Crippen molar-refractivity contribution in [1.82, 2.24) is 31.9 Å². The molecule has 0 spiro atoms. The van der Waals surface area contributed by atoms with Crippen molar-refractivity contribution in [2.45, 2.75) is 44.3 Å². The third-order valence-electron chi connectivity index (χ3n) is 4.27. The Morgan fingerprint density at radius 2 is 1.56 bits per heavy atom. The number of hydrogen-bond donors (Lipinski definition) is 9. The molecule has 178 valence electrons. The first kappa shape index (κ1) is 26.1. The number of nitrogens with one attached hydrogen (secondary N) is 7. The maximum absolute atomic E-state index is 12.5. The Hall–Kier alpha value is -3.91. The third kappa shape index (κ3) is 9.73. The van der Waals surface area contributed by atoms with Gasteiger partial charge in [-0.2, -0.15) is 0 Å². The van der Waals surface area contributed by atoms with Crippen LogP contribution in [0.1, 0.15) is 26.2 Å². The number of hydrogen-bond acceptors (Lipinski definition) is 7. The molecule has 10 N–H and O–H groups in total. The maximum Gasteiger partial charge on any atom is 0.305 e. The van der Waals surface area contributed by atoms with Gasteiger partial charge in [0.15, 0.2) is 5.96 Å². The summed E-state index contributed by atoms with van der Waals surface area (Å²) in [7, 11) is 0. The third-order valence-corrected chi connectivity index (χ3v) is 4.27. The molecule has 0 unspecified atom stereocenters. The minimum atomic E-state index is -1.47. The van der Waals surface area contributed by atoms with Crippen molar-refractivity contribution >= 4 is 41.5 Å². The largest absolute Gasteiger partial charge is 0.481 e. The van der Waals surface area contributed by atoms with E-state index in [2.05, 4.69) is 31.9 Å². The van der Waals surface area contributed by atoms with Gasteiger partial charge in [0.1, 0.15) is 18.1 Å². The number of nitrogens with two attached hydrogens (primary N) is 1. The van der Waals surface area contributed by atoms with E-state index in [1.165, 1.54) is 6.92 Å². The van der Waals surface area contributed by atoms with Gasteiger partial charge in [-0.3, -0.25) is 34.2 Å². The summed E-state index contributed by atoms with van der Waals surface area (Å²) < 4.78 is 0. The first-order chi connectivity index (χ1) is 15.0. The number of amides is 5. The number of carboxylic acids is 1. The van der Waals surface area contributed by atoms with E-state index in [0.717, 1.165) is 0 Å². The molecule has 1 saturated heterocycles. The van der Waals surface area contributed by atoms with Crippen molar-refractivity contribution in [2.75, 3.05) is 19.6 Å². The zero-order valence-corrected chi connectivity index (χ0v) is 17.4. The standard InChI is InChI=1S/C17H28N8O7/c1-8-14(30)25-9(3-2-4-20-17(18)19)15(31)21-7-12(27)24-10(5-13(28)29)16(32)22-6-11(26)23-8/h8-10H,2-7H2,1H3,(H,21,31)(H,22,32)(H,23,26)(H,24,27)(H,25,30)(H,28,29)(H4,18,19,20)/t8-,9+,10+/m1/s1. The van der Waals surface area contributed by atoms with Crippen LogP contribution in [0, 0.1) is 5.41 Å². The number of rotatable bonds is 6. The smallest absolute Gasteiger partial charge is 0.305 e. The van der Waals surface area contributed by atoms with Crippen molar-refractivity contribution in [3.63, 3.8) is 0 Å². The molecule has 0 aromatic carbocycles. The van der Waals surface area contributed by atoms with Crippen molar-refractivity contribution in [3.8, 4) is 0 Å². The molecule has 32 heavy (non-hydrogen) atoms. The second-order valence-electron chi connectivity index (χ2n) is 6.99. The summed E-state index contributed by atoms with van der Waals surface area (Å²) >= 11 is 0. The van der Waals surface area contributed by atoms with Crippen molar-refractivity contribution in [3.05, 3.63) is 0 Å². The van der Waals surface area contributed by atoms with E-state index in [-0.39, 0.29) is 18.9 Å². The molecule has 1 heterocycles. The van der Waals surface area contributed by atoms with E-state index in [1.54, 1.807) is 0 Å². The van der Waals surface area contributed by atoms with Crippen LogP contribution in [0.15, 0.2) is 0 Å². The van der Waals surface area contributed by atoms with Crippen LogP contribution in [0.2, 0.25) is 0 Å². The number of carbonyl (C=O) groups is 6. The first-order valence-corrected chi connectivity index (χ1v) is 9.73. The summed E-state index contributed by atoms with van der Waals surface area (Å²) in [6.45, 7) is 0.497. The van der Waals surface area contributed by atoms with Crippen LogP contribution in [0.4, 0.5) is 0 Å². The Bertz CT molecular complexity index is 772. The predicted molar refractivity (Wildman–Crippen MR) is 109 cm³/mol. The number of carbonyl (C=O) groups excluding carboxylic acids is 5. The van der Waals surface area contributed by atoms with E-state index >= 15 is 0 Å². The Balaban J connectivity index is 2.97. The highest BCUT2D eigenvalue weighted by molar-refractivity contribution is 5.96. The minimum Gasteiger partial charge on any atom is -0.481 e. The molecular weight excluding hydrogens is 428 g/mol. The summed E-state index contributed by atoms with van der Waals surface area (Å²) in [6.07, 6.45) is -0.277. The summed E-state index contributed by atoms with van der Waals surface area (Å²) in [5, 5.41) is 30.1. The first-order valence-electron chi connectivity index (χ1n) is 9.73. The van der Waals surface area contributed by atoms with Gasteiger partial charge in [0.05, 0.1) is 19.5 Å². The Morgan fingerprint density at radius 1 is 1.00 bits per heavy atom. The van der Waals surface area contributed by atoms with Gasteiger partial charge in [-0.1, -0.05) is 0 Å². The fourth-order valence-electron chi connectivity index (χ4n) is 2.66. The number of aliphatic carboxylic acids is 1. The molecule has 0 saturated carbocycles. The van der Waals surface area contributed by atoms with Gasteiger partial charge in [-0.05, 0) is 19.8 Å². The maximum atomic E-state index is 12.5. The van der Waals surface area contributed by atoms with Crippen molar-refractivity contribution < 1.29 is 33.9 Å². The highest BCUT2D eigenvalue weighted by Gasteiger charge is 2.28. The fraction of sp³-hybridized carbons (Fsp3) is 0.588. The Labute approximate surface area is 183 Å². The second kappa shape index (κ2) is 12.7. The summed E-state index contributed by atoms with van der Waals surface area (Å²) in [5.41, 5.74) is 5.19. The highest BCUT2D eigenvalue weighted by Crippen LogP contribution is 2.00. The van der Waals surface area contributed by atoms with E-state index in [9.17, 15) is 28.8 Å². The van der Waals surface area contributed by atoms with Crippen LogP contribution >= 0.6 is 0 Å². The van der Waals surface area contributed by atoms with Gasteiger partial charge in [0, 0.05) is 6.54 Å². The average molecular weight is 456 g/mol. The predicted octanol–water partition coefficient (Wildman–Crippen LogP) is -4.56. The van der Waals surface area contributed by atoms with Gasteiger partial charge >= 0.3 is 5.97 Å². The Kier molecular flexibility index (Phi) is 10.4. The van der Waals surface area contributed by atoms with E-state index in [4.69, 9.17) is 16.2 Å². The molecular formula is C17H28N8O7. The molecule has 15 nitrogen and oxygen atoms in total. The topological polar surface area (TPSA) is 245 Å². The van der Waals surface area contributed by atoms with E-state index < -0.39 is 73.1 Å². The van der Waals surface area contributed by atoms with E-state index in [1.807, 2.05) is 0 Å². The molecule has 5 amide bonds. The van der Waals surface area contributed by atoms with Gasteiger partial charge in [-0.25, -0.2) is 0 Å². The molecule has 15 heteroatoms. The van der Waals surface area contributed by atoms with Crippen LogP contribution in [-0.2, 0) is 28.8 Å². The lowest BCUT2D eigenvalue weighted by Crippen LogP contribution is -2.54. The minimum absolute atomic E-state index is 0.127. The lowest BCUT2D eigenvalue weighted by molar-refractivity contribution is -0.140. The molecule has 1 rings (SSSR count). The number of guanidine groups is 1. The SMILES string of the molecule is C[C@H]1NC(=O)CNC(=O)[C@H](CC(=O)O)NC(=O)CNC(=O)[C@H](CCCNC(=N)N)NC1=O. The van der Waals surface area contributed by atoms with Crippen molar-refractivity contribution in [1.29, 1.82) is 5.41 Å². The molecule has 0 bridgehead atoms. The van der Waals surface area contributed by atoms with Crippen LogP contribution < -0.4 is 37.6 Å². The van der Waals surface area contributed by atoms with Crippen LogP contribution in [0.25, 0.3) is 0 Å². The monoisotopic (exact) mass is 456 g/mol. The Morgan fingerprint density at radius 3 is 2.12 bits per heavy atom. The second-order valence-corrected chi connectivity index (χ2v) is 6.99. The molecule has 0 aliphatic carbocycles. The molecule has 1 aliphatic rings. The summed E-state index contributed by atoms with van der Waals surface area (Å²) in [6, 6.07) is -3.59. The van der Waals surface area contributed by atoms with Gasteiger partial charge < -0.3 is 42.7 Å². The molecule has 1 fully saturated rings. The normalized spacial score (nSPS) is 23.3. The van der Waals surface area contributed by atoms with Crippen molar-refractivity contribution in [2.24, 2.45) is 5.73 Å². The zero-order chi connectivity index (χ0) is 24.3. The average Bonchev–Trinajstić information content (AvgIpc) is 2.70. The van der Waals surface area contributed by atoms with Crippen LogP contribution in [-0.4, -0.2) is 84.3 Å². The van der Waals surface area contributed by atoms with Gasteiger partial charge in [-0.15, -0.1) is 0 Å². The molecule has 1 aliphatic heterocycles. The highest BCUT2D eigenvalue weighted by atomic mass is 16.4. The molecule has 3 atom stereocenters. The lowest BCUT2D eigenvalue weighted by atomic mass is 10.1. The van der Waals surface area contributed by atoms with E-state index in [0.29, 0.717) is 6.42 Å². The molecule has 0 radical (unpaired) electrons.